The van der Waals surface area contributed by atoms with E-state index in [9.17, 15) is 4.79 Å². The molecule has 0 saturated heterocycles. The van der Waals surface area contributed by atoms with E-state index in [-0.39, 0.29) is 12.4 Å². The third kappa shape index (κ3) is 4.37. The molecule has 1 atom stereocenters. The summed E-state index contributed by atoms with van der Waals surface area (Å²) in [6.45, 7) is 2.34. The van der Waals surface area contributed by atoms with Crippen LogP contribution in [0, 0.1) is 0 Å². The third-order valence-electron chi connectivity index (χ3n) is 5.73. The topological polar surface area (TPSA) is 69.0 Å². The first-order chi connectivity index (χ1) is 16.0. The second-order valence-electron chi connectivity index (χ2n) is 7.85. The molecule has 5 rings (SSSR count). The van der Waals surface area contributed by atoms with E-state index in [2.05, 4.69) is 17.2 Å². The van der Waals surface area contributed by atoms with E-state index in [1.54, 1.807) is 23.9 Å². The molecule has 9 heteroatoms. The zero-order valence-corrected chi connectivity index (χ0v) is 20.3. The lowest BCUT2D eigenvalue weighted by molar-refractivity contribution is -0.116. The van der Waals surface area contributed by atoms with Crippen molar-refractivity contribution < 1.29 is 9.53 Å². The number of nitrogens with one attached hydrogen (secondary N) is 1. The third-order valence-corrected chi connectivity index (χ3v) is 7.04. The SMILES string of the molecule is CCSc1nc2n(n1)C(c1ccccc1OCc1ccc(Cl)cc1Cl)C1=C(CCCC1=O)N2. The average molecular weight is 501 g/mol. The van der Waals surface area contributed by atoms with Gasteiger partial charge in [-0.1, -0.05) is 66.2 Å². The van der Waals surface area contributed by atoms with Crippen LogP contribution >= 0.6 is 35.0 Å². The summed E-state index contributed by atoms with van der Waals surface area (Å²) in [6.07, 6.45) is 2.17. The number of ether oxygens (including phenoxy) is 1. The number of rotatable bonds is 6. The van der Waals surface area contributed by atoms with Crippen molar-refractivity contribution in [1.82, 2.24) is 14.8 Å². The van der Waals surface area contributed by atoms with Gasteiger partial charge in [0.1, 0.15) is 18.4 Å². The lowest BCUT2D eigenvalue weighted by Gasteiger charge is -2.32. The van der Waals surface area contributed by atoms with E-state index in [0.717, 1.165) is 41.0 Å². The second-order valence-corrected chi connectivity index (χ2v) is 9.93. The predicted octanol–water partition coefficient (Wildman–Crippen LogP) is 6.30. The van der Waals surface area contributed by atoms with Crippen LogP contribution in [-0.2, 0) is 11.4 Å². The number of hydrogen-bond donors (Lipinski definition) is 1. The largest absolute Gasteiger partial charge is 0.488 e. The number of Topliss-reactive ketones (excluding diaryl/α,β-unsaturated/α-hetero) is 1. The van der Waals surface area contributed by atoms with Gasteiger partial charge in [-0.2, -0.15) is 4.98 Å². The molecule has 0 bridgehead atoms. The number of carbonyl (C=O) groups excluding carboxylic acids is 1. The van der Waals surface area contributed by atoms with Crippen LogP contribution in [0.2, 0.25) is 10.0 Å². The minimum atomic E-state index is -0.403. The molecular formula is C24H22Cl2N4O2S. The van der Waals surface area contributed by atoms with E-state index >= 15 is 0 Å². The number of benzene rings is 2. The number of fused-ring (bicyclic) bond motifs is 1. The zero-order valence-electron chi connectivity index (χ0n) is 18.0. The first-order valence-electron chi connectivity index (χ1n) is 10.8. The second kappa shape index (κ2) is 9.41. The van der Waals surface area contributed by atoms with E-state index in [0.29, 0.717) is 33.3 Å². The number of ketones is 1. The summed E-state index contributed by atoms with van der Waals surface area (Å²) in [7, 11) is 0. The van der Waals surface area contributed by atoms with Crippen LogP contribution in [0.3, 0.4) is 0 Å². The molecule has 0 radical (unpaired) electrons. The Morgan fingerprint density at radius 1 is 1.21 bits per heavy atom. The number of nitrogens with zero attached hydrogens (tertiary/aromatic N) is 3. The molecule has 0 fully saturated rings. The molecule has 2 aliphatic rings. The van der Waals surface area contributed by atoms with Gasteiger partial charge < -0.3 is 10.1 Å². The molecule has 1 N–H and O–H groups in total. The van der Waals surface area contributed by atoms with Gasteiger partial charge in [0, 0.05) is 38.9 Å². The highest BCUT2D eigenvalue weighted by Gasteiger charge is 2.38. The molecule has 1 unspecified atom stereocenters. The van der Waals surface area contributed by atoms with Gasteiger partial charge in [-0.05, 0) is 36.8 Å². The standard InChI is InChI=1S/C24H22Cl2N4O2S/c1-2-33-24-28-23-27-18-7-5-8-19(31)21(18)22(30(23)29-24)16-6-3-4-9-20(16)32-13-14-10-11-15(25)12-17(14)26/h3-4,6,9-12,22H,2,5,7-8,13H2,1H3,(H,27,28,29). The normalized spacial score (nSPS) is 17.4. The number of carbonyl (C=O) groups is 1. The number of hydrogen-bond acceptors (Lipinski definition) is 6. The molecule has 6 nitrogen and oxygen atoms in total. The average Bonchev–Trinajstić information content (AvgIpc) is 3.20. The summed E-state index contributed by atoms with van der Waals surface area (Å²) in [5.41, 5.74) is 3.37. The van der Waals surface area contributed by atoms with Crippen molar-refractivity contribution in [1.29, 1.82) is 0 Å². The number of thioether (sulfide) groups is 1. The Labute approximate surface area is 206 Å². The fourth-order valence-corrected chi connectivity index (χ4v) is 5.26. The van der Waals surface area contributed by atoms with Crippen molar-refractivity contribution >= 4 is 46.7 Å². The molecule has 0 spiro atoms. The van der Waals surface area contributed by atoms with Crippen molar-refractivity contribution in [3.63, 3.8) is 0 Å². The van der Waals surface area contributed by atoms with Crippen LogP contribution in [-0.4, -0.2) is 26.3 Å². The minimum absolute atomic E-state index is 0.134. The summed E-state index contributed by atoms with van der Waals surface area (Å²) < 4.78 is 8.05. The summed E-state index contributed by atoms with van der Waals surface area (Å²) in [4.78, 5) is 17.7. The molecule has 2 heterocycles. The highest BCUT2D eigenvalue weighted by atomic mass is 35.5. The Morgan fingerprint density at radius 2 is 2.06 bits per heavy atom. The smallest absolute Gasteiger partial charge is 0.227 e. The quantitative estimate of drug-likeness (QED) is 0.400. The Kier molecular flexibility index (Phi) is 6.36. The molecule has 170 valence electrons. The Hall–Kier alpha value is -2.48. The number of anilines is 1. The van der Waals surface area contributed by atoms with E-state index in [1.807, 2.05) is 35.0 Å². The van der Waals surface area contributed by atoms with Gasteiger partial charge in [-0.3, -0.25) is 4.79 Å². The van der Waals surface area contributed by atoms with Gasteiger partial charge >= 0.3 is 0 Å². The molecule has 2 aromatic carbocycles. The van der Waals surface area contributed by atoms with Gasteiger partial charge in [0.2, 0.25) is 11.1 Å². The molecular weight excluding hydrogens is 479 g/mol. The molecule has 1 aliphatic carbocycles. The molecule has 1 aliphatic heterocycles. The zero-order chi connectivity index (χ0) is 22.9. The summed E-state index contributed by atoms with van der Waals surface area (Å²) >= 11 is 13.9. The first-order valence-corrected chi connectivity index (χ1v) is 12.6. The Bertz CT molecular complexity index is 1260. The molecule has 3 aromatic rings. The molecule has 0 amide bonds. The van der Waals surface area contributed by atoms with Crippen molar-refractivity contribution in [2.24, 2.45) is 0 Å². The molecule has 0 saturated carbocycles. The Balaban J connectivity index is 1.56. The lowest BCUT2D eigenvalue weighted by atomic mass is 9.85. The summed E-state index contributed by atoms with van der Waals surface area (Å²) in [5, 5.41) is 9.91. The van der Waals surface area contributed by atoms with Crippen LogP contribution in [0.15, 0.2) is 58.9 Å². The molecule has 1 aromatic heterocycles. The van der Waals surface area contributed by atoms with Gasteiger partial charge in [-0.25, -0.2) is 4.68 Å². The fourth-order valence-electron chi connectivity index (χ4n) is 4.25. The number of allylic oxidation sites excluding steroid dienone is 2. The van der Waals surface area contributed by atoms with Crippen molar-refractivity contribution in [2.45, 2.75) is 44.0 Å². The van der Waals surface area contributed by atoms with Crippen LogP contribution in [0.25, 0.3) is 0 Å². The maximum absolute atomic E-state index is 13.1. The van der Waals surface area contributed by atoms with Crippen LogP contribution in [0.4, 0.5) is 5.95 Å². The predicted molar refractivity (Wildman–Crippen MR) is 131 cm³/mol. The monoisotopic (exact) mass is 500 g/mol. The minimum Gasteiger partial charge on any atom is -0.488 e. The molecule has 33 heavy (non-hydrogen) atoms. The van der Waals surface area contributed by atoms with Crippen LogP contribution < -0.4 is 10.1 Å². The maximum atomic E-state index is 13.1. The van der Waals surface area contributed by atoms with Gasteiger partial charge in [0.05, 0.1) is 0 Å². The number of para-hydroxylation sites is 1. The number of aromatic nitrogens is 3. The van der Waals surface area contributed by atoms with Gasteiger partial charge in [0.15, 0.2) is 5.78 Å². The number of halogens is 2. The fraction of sp³-hybridized carbons (Fsp3) is 0.292. The van der Waals surface area contributed by atoms with Crippen molar-refractivity contribution in [3.05, 3.63) is 74.9 Å². The van der Waals surface area contributed by atoms with Crippen LogP contribution in [0.1, 0.15) is 43.4 Å². The highest BCUT2D eigenvalue weighted by molar-refractivity contribution is 7.99. The summed E-state index contributed by atoms with van der Waals surface area (Å²) in [6, 6.07) is 12.7. The Morgan fingerprint density at radius 3 is 2.88 bits per heavy atom. The summed E-state index contributed by atoms with van der Waals surface area (Å²) in [5.74, 6) is 2.32. The highest BCUT2D eigenvalue weighted by Crippen LogP contribution is 2.43. The van der Waals surface area contributed by atoms with E-state index < -0.39 is 6.04 Å². The van der Waals surface area contributed by atoms with Gasteiger partial charge in [0.25, 0.3) is 0 Å². The van der Waals surface area contributed by atoms with Gasteiger partial charge in [-0.15, -0.1) is 5.10 Å². The van der Waals surface area contributed by atoms with E-state index in [1.165, 1.54) is 0 Å². The maximum Gasteiger partial charge on any atom is 0.227 e. The lowest BCUT2D eigenvalue weighted by Crippen LogP contribution is -2.31. The van der Waals surface area contributed by atoms with E-state index in [4.69, 9.17) is 33.0 Å². The van der Waals surface area contributed by atoms with Crippen molar-refractivity contribution in [2.75, 3.05) is 11.1 Å². The van der Waals surface area contributed by atoms with Crippen LogP contribution in [0.5, 0.6) is 5.75 Å². The first kappa shape index (κ1) is 22.3. The van der Waals surface area contributed by atoms with Crippen molar-refractivity contribution in [3.8, 4) is 5.75 Å².